The van der Waals surface area contributed by atoms with Crippen molar-refractivity contribution in [1.82, 2.24) is 20.1 Å². The maximum atomic E-state index is 12.5. The molecule has 0 aliphatic heterocycles. The number of amides is 1. The Morgan fingerprint density at radius 3 is 2.84 bits per heavy atom. The van der Waals surface area contributed by atoms with E-state index in [0.717, 1.165) is 5.75 Å². The number of carbonyl (C=O) groups excluding carboxylic acids is 1. The Labute approximate surface area is 144 Å². The smallest absolute Gasteiger partial charge is 0.274 e. The minimum absolute atomic E-state index is 0.285. The van der Waals surface area contributed by atoms with Crippen LogP contribution in [0.2, 0.25) is 0 Å². The molecule has 2 N–H and O–H groups in total. The second-order valence-electron chi connectivity index (χ2n) is 5.78. The van der Waals surface area contributed by atoms with E-state index in [9.17, 15) is 9.59 Å². The van der Waals surface area contributed by atoms with Gasteiger partial charge < -0.3 is 10.1 Å². The fourth-order valence-electron chi connectivity index (χ4n) is 2.64. The third kappa shape index (κ3) is 3.71. The summed E-state index contributed by atoms with van der Waals surface area (Å²) in [5.41, 5.74) is 1.18. The largest absolute Gasteiger partial charge is 0.494 e. The molecule has 130 valence electrons. The first kappa shape index (κ1) is 16.8. The highest BCUT2D eigenvalue weighted by Gasteiger charge is 2.17. The molecule has 0 fully saturated rings. The molecular formula is C18H20N4O3. The van der Waals surface area contributed by atoms with E-state index in [1.165, 1.54) is 4.68 Å². The van der Waals surface area contributed by atoms with Crippen LogP contribution in [-0.4, -0.2) is 33.8 Å². The van der Waals surface area contributed by atoms with E-state index in [4.69, 9.17) is 4.74 Å². The highest BCUT2D eigenvalue weighted by Crippen LogP contribution is 2.14. The number of nitrogens with zero attached hydrogens (tertiary/aromatic N) is 2. The number of rotatable bonds is 6. The summed E-state index contributed by atoms with van der Waals surface area (Å²) in [6.45, 7) is 2.75. The Balaban J connectivity index is 1.62. The van der Waals surface area contributed by atoms with Crippen molar-refractivity contribution in [2.45, 2.75) is 13.3 Å². The van der Waals surface area contributed by atoms with Crippen LogP contribution in [0.1, 0.15) is 22.5 Å². The molecule has 3 rings (SSSR count). The van der Waals surface area contributed by atoms with Crippen LogP contribution in [0, 0.1) is 6.92 Å². The summed E-state index contributed by atoms with van der Waals surface area (Å²) in [4.78, 5) is 28.8. The fourth-order valence-corrected chi connectivity index (χ4v) is 2.64. The average molecular weight is 340 g/mol. The van der Waals surface area contributed by atoms with Gasteiger partial charge in [-0.3, -0.25) is 19.4 Å². The predicted molar refractivity (Wildman–Crippen MR) is 95.0 cm³/mol. The number of carbonyl (C=O) groups is 1. The third-order valence-electron chi connectivity index (χ3n) is 3.81. The number of hydrogen-bond acceptors (Lipinski definition) is 4. The minimum Gasteiger partial charge on any atom is -0.494 e. The molecule has 1 aromatic carbocycles. The molecule has 0 unspecified atom stereocenters. The molecule has 7 heteroatoms. The number of ether oxygens (including phenoxy) is 1. The number of aromatic amines is 1. The quantitative estimate of drug-likeness (QED) is 0.669. The summed E-state index contributed by atoms with van der Waals surface area (Å²) in [5, 5.41) is 5.77. The Bertz CT molecular complexity index is 944. The standard InChI is InChI=1S/C18H20N4O3/c1-12-11-14(15-16(20-12)22(2)21-18(15)24)17(23)19-9-6-10-25-13-7-4-3-5-8-13/h3-5,7-8,11H,6,9-10H2,1-2H3,(H,19,23)(H,21,24). The van der Waals surface area contributed by atoms with Gasteiger partial charge in [0.05, 0.1) is 17.6 Å². The van der Waals surface area contributed by atoms with Gasteiger partial charge in [0.25, 0.3) is 11.5 Å². The molecule has 25 heavy (non-hydrogen) atoms. The number of hydrogen-bond donors (Lipinski definition) is 2. The summed E-state index contributed by atoms with van der Waals surface area (Å²) < 4.78 is 7.11. The summed E-state index contributed by atoms with van der Waals surface area (Å²) in [5.74, 6) is 0.517. The molecular weight excluding hydrogens is 320 g/mol. The SMILES string of the molecule is Cc1cc(C(=O)NCCCOc2ccccc2)c2c(=O)[nH]n(C)c2n1. The minimum atomic E-state index is -0.317. The Morgan fingerprint density at radius 1 is 1.32 bits per heavy atom. The Hall–Kier alpha value is -3.09. The molecule has 0 atom stereocenters. The first-order chi connectivity index (χ1) is 12.1. The first-order valence-corrected chi connectivity index (χ1v) is 8.08. The van der Waals surface area contributed by atoms with Crippen molar-refractivity contribution in [2.24, 2.45) is 7.05 Å². The van der Waals surface area contributed by atoms with Crippen molar-refractivity contribution in [3.63, 3.8) is 0 Å². The van der Waals surface area contributed by atoms with Crippen LogP contribution < -0.4 is 15.6 Å². The first-order valence-electron chi connectivity index (χ1n) is 8.08. The Kier molecular flexibility index (Phi) is 4.83. The number of nitrogens with one attached hydrogen (secondary N) is 2. The average Bonchev–Trinajstić information content (AvgIpc) is 2.88. The van der Waals surface area contributed by atoms with Gasteiger partial charge in [0.2, 0.25) is 0 Å². The third-order valence-corrected chi connectivity index (χ3v) is 3.81. The molecule has 0 aliphatic rings. The summed E-state index contributed by atoms with van der Waals surface area (Å²) >= 11 is 0. The van der Waals surface area contributed by atoms with E-state index in [2.05, 4.69) is 15.4 Å². The molecule has 2 aromatic heterocycles. The van der Waals surface area contributed by atoms with Crippen molar-refractivity contribution in [1.29, 1.82) is 0 Å². The van der Waals surface area contributed by atoms with Crippen molar-refractivity contribution in [3.8, 4) is 5.75 Å². The van der Waals surface area contributed by atoms with E-state index in [1.54, 1.807) is 20.0 Å². The van der Waals surface area contributed by atoms with Gasteiger partial charge in [-0.2, -0.15) is 0 Å². The monoisotopic (exact) mass is 340 g/mol. The van der Waals surface area contributed by atoms with E-state index in [0.29, 0.717) is 41.9 Å². The number of H-pyrrole nitrogens is 1. The number of aryl methyl sites for hydroxylation is 2. The van der Waals surface area contributed by atoms with E-state index >= 15 is 0 Å². The van der Waals surface area contributed by atoms with Gasteiger partial charge >= 0.3 is 0 Å². The van der Waals surface area contributed by atoms with Crippen molar-refractivity contribution in [3.05, 3.63) is 58.0 Å². The lowest BCUT2D eigenvalue weighted by molar-refractivity contribution is 0.0953. The van der Waals surface area contributed by atoms with Gasteiger partial charge in [0.15, 0.2) is 5.65 Å². The number of pyridine rings is 1. The second kappa shape index (κ2) is 7.21. The van der Waals surface area contributed by atoms with Crippen LogP contribution in [0.3, 0.4) is 0 Å². The van der Waals surface area contributed by atoms with Gasteiger partial charge in [-0.25, -0.2) is 4.98 Å². The molecule has 2 heterocycles. The second-order valence-corrected chi connectivity index (χ2v) is 5.78. The molecule has 0 bridgehead atoms. The van der Waals surface area contributed by atoms with Crippen LogP contribution in [0.5, 0.6) is 5.75 Å². The van der Waals surface area contributed by atoms with Gasteiger partial charge in [-0.1, -0.05) is 18.2 Å². The predicted octanol–water partition coefficient (Wildman–Crippen LogP) is 1.77. The Morgan fingerprint density at radius 2 is 2.08 bits per heavy atom. The summed E-state index contributed by atoms with van der Waals surface area (Å²) in [6.07, 6.45) is 0.666. The maximum absolute atomic E-state index is 12.5. The fraction of sp³-hybridized carbons (Fsp3) is 0.278. The van der Waals surface area contributed by atoms with Crippen LogP contribution in [0.15, 0.2) is 41.2 Å². The summed E-state index contributed by atoms with van der Waals surface area (Å²) in [6, 6.07) is 11.1. The van der Waals surface area contributed by atoms with E-state index < -0.39 is 0 Å². The number of fused-ring (bicyclic) bond motifs is 1. The number of aromatic nitrogens is 3. The highest BCUT2D eigenvalue weighted by atomic mass is 16.5. The molecule has 0 saturated carbocycles. The van der Waals surface area contributed by atoms with Crippen molar-refractivity contribution >= 4 is 16.9 Å². The molecule has 0 spiro atoms. The van der Waals surface area contributed by atoms with Crippen molar-refractivity contribution < 1.29 is 9.53 Å². The molecule has 7 nitrogen and oxygen atoms in total. The van der Waals surface area contributed by atoms with Gasteiger partial charge in [0, 0.05) is 19.3 Å². The zero-order chi connectivity index (χ0) is 17.8. The lowest BCUT2D eigenvalue weighted by Gasteiger charge is -2.08. The topological polar surface area (TPSA) is 89.0 Å². The van der Waals surface area contributed by atoms with E-state index in [-0.39, 0.29) is 11.5 Å². The summed E-state index contributed by atoms with van der Waals surface area (Å²) in [7, 11) is 1.69. The van der Waals surface area contributed by atoms with Crippen LogP contribution in [0.25, 0.3) is 11.0 Å². The van der Waals surface area contributed by atoms with Crippen LogP contribution in [0.4, 0.5) is 0 Å². The van der Waals surface area contributed by atoms with Gasteiger partial charge in [0.1, 0.15) is 5.75 Å². The van der Waals surface area contributed by atoms with Crippen LogP contribution in [-0.2, 0) is 7.05 Å². The molecule has 0 saturated heterocycles. The normalized spacial score (nSPS) is 10.8. The maximum Gasteiger partial charge on any atom is 0.274 e. The van der Waals surface area contributed by atoms with Gasteiger partial charge in [-0.05, 0) is 31.5 Å². The van der Waals surface area contributed by atoms with Crippen LogP contribution >= 0.6 is 0 Å². The van der Waals surface area contributed by atoms with Gasteiger partial charge in [-0.15, -0.1) is 0 Å². The number of benzene rings is 1. The zero-order valence-electron chi connectivity index (χ0n) is 14.2. The highest BCUT2D eigenvalue weighted by molar-refractivity contribution is 6.05. The zero-order valence-corrected chi connectivity index (χ0v) is 14.2. The van der Waals surface area contributed by atoms with Crippen molar-refractivity contribution in [2.75, 3.05) is 13.2 Å². The molecule has 0 radical (unpaired) electrons. The lowest BCUT2D eigenvalue weighted by Crippen LogP contribution is -2.26. The molecule has 0 aliphatic carbocycles. The number of para-hydroxylation sites is 1. The lowest BCUT2D eigenvalue weighted by atomic mass is 10.1. The molecule has 1 amide bonds. The van der Waals surface area contributed by atoms with E-state index in [1.807, 2.05) is 30.3 Å². The molecule has 3 aromatic rings.